The number of nitro groups is 1. The maximum Gasteiger partial charge on any atom is 0.297 e. The number of benzene rings is 2. The quantitative estimate of drug-likeness (QED) is 0.333. The molecule has 0 aliphatic heterocycles. The molecule has 0 radical (unpaired) electrons. The SMILES string of the molecule is Cc1ccccc1S(=O)(=O)OCCOc1ccc([N+](=O)[O-])cc1. The Bertz CT molecular complexity index is 786. The van der Waals surface area contributed by atoms with Gasteiger partial charge in [0.05, 0.1) is 9.82 Å². The maximum absolute atomic E-state index is 12.0. The smallest absolute Gasteiger partial charge is 0.297 e. The molecule has 7 nitrogen and oxygen atoms in total. The molecule has 0 heterocycles. The van der Waals surface area contributed by atoms with Gasteiger partial charge >= 0.3 is 0 Å². The van der Waals surface area contributed by atoms with Gasteiger partial charge in [0.25, 0.3) is 15.8 Å². The van der Waals surface area contributed by atoms with Crippen molar-refractivity contribution in [2.45, 2.75) is 11.8 Å². The summed E-state index contributed by atoms with van der Waals surface area (Å²) in [4.78, 5) is 10.1. The van der Waals surface area contributed by atoms with Crippen molar-refractivity contribution in [1.29, 1.82) is 0 Å². The van der Waals surface area contributed by atoms with Crippen molar-refractivity contribution in [2.75, 3.05) is 13.2 Å². The summed E-state index contributed by atoms with van der Waals surface area (Å²) in [5, 5.41) is 10.5. The predicted molar refractivity (Wildman–Crippen MR) is 82.9 cm³/mol. The third-order valence-corrected chi connectivity index (χ3v) is 4.47. The molecule has 23 heavy (non-hydrogen) atoms. The van der Waals surface area contributed by atoms with Gasteiger partial charge in [-0.15, -0.1) is 0 Å². The highest BCUT2D eigenvalue weighted by atomic mass is 32.2. The maximum atomic E-state index is 12.0. The normalized spacial score (nSPS) is 11.2. The topological polar surface area (TPSA) is 95.7 Å². The Balaban J connectivity index is 1.87. The van der Waals surface area contributed by atoms with Crippen LogP contribution in [0.4, 0.5) is 5.69 Å². The molecule has 0 aromatic heterocycles. The van der Waals surface area contributed by atoms with Crippen LogP contribution in [0.3, 0.4) is 0 Å². The largest absolute Gasteiger partial charge is 0.491 e. The summed E-state index contributed by atoms with van der Waals surface area (Å²) in [5.41, 5.74) is 0.555. The molecule has 0 aliphatic carbocycles. The molecule has 0 unspecified atom stereocenters. The summed E-state index contributed by atoms with van der Waals surface area (Å²) in [6.45, 7) is 1.53. The van der Waals surface area contributed by atoms with Gasteiger partial charge in [0.2, 0.25) is 0 Å². The lowest BCUT2D eigenvalue weighted by Crippen LogP contribution is -2.13. The van der Waals surface area contributed by atoms with Gasteiger partial charge < -0.3 is 4.74 Å². The van der Waals surface area contributed by atoms with Crippen LogP contribution in [0.25, 0.3) is 0 Å². The van der Waals surface area contributed by atoms with E-state index in [1.165, 1.54) is 30.3 Å². The van der Waals surface area contributed by atoms with Gasteiger partial charge in [-0.05, 0) is 30.7 Å². The van der Waals surface area contributed by atoms with Gasteiger partial charge in [-0.25, -0.2) is 0 Å². The Hall–Kier alpha value is -2.45. The lowest BCUT2D eigenvalue weighted by Gasteiger charge is -2.09. The van der Waals surface area contributed by atoms with Crippen molar-refractivity contribution < 1.29 is 22.3 Å². The van der Waals surface area contributed by atoms with Crippen LogP contribution in [-0.2, 0) is 14.3 Å². The molecule has 0 saturated heterocycles. The van der Waals surface area contributed by atoms with Crippen molar-refractivity contribution in [3.63, 3.8) is 0 Å². The minimum Gasteiger partial charge on any atom is -0.491 e. The summed E-state index contributed by atoms with van der Waals surface area (Å²) in [6.07, 6.45) is 0. The Kier molecular flexibility index (Phi) is 5.30. The molecule has 2 aromatic carbocycles. The Morgan fingerprint density at radius 2 is 1.70 bits per heavy atom. The summed E-state index contributed by atoms with van der Waals surface area (Å²) in [7, 11) is -3.83. The second kappa shape index (κ2) is 7.21. The number of aryl methyl sites for hydroxylation is 1. The van der Waals surface area contributed by atoms with Gasteiger partial charge in [-0.1, -0.05) is 18.2 Å². The lowest BCUT2D eigenvalue weighted by atomic mass is 10.2. The monoisotopic (exact) mass is 337 g/mol. The highest BCUT2D eigenvalue weighted by molar-refractivity contribution is 7.86. The number of nitrogens with zero attached hydrogens (tertiary/aromatic N) is 1. The number of ether oxygens (including phenoxy) is 1. The van der Waals surface area contributed by atoms with Crippen LogP contribution in [0.1, 0.15) is 5.56 Å². The van der Waals surface area contributed by atoms with E-state index in [0.29, 0.717) is 11.3 Å². The molecule has 0 N–H and O–H groups in total. The number of non-ortho nitro benzene ring substituents is 1. The Labute approximate surface area is 133 Å². The molecule has 2 aromatic rings. The van der Waals surface area contributed by atoms with Crippen molar-refractivity contribution in [3.8, 4) is 5.75 Å². The van der Waals surface area contributed by atoms with Gasteiger partial charge in [-0.3, -0.25) is 14.3 Å². The van der Waals surface area contributed by atoms with Crippen molar-refractivity contribution in [1.82, 2.24) is 0 Å². The molecule has 0 aliphatic rings. The van der Waals surface area contributed by atoms with Crippen LogP contribution >= 0.6 is 0 Å². The molecule has 0 saturated carbocycles. The van der Waals surface area contributed by atoms with E-state index in [1.807, 2.05) is 0 Å². The second-order valence-electron chi connectivity index (χ2n) is 4.64. The first-order valence-electron chi connectivity index (χ1n) is 6.72. The molecule has 0 bridgehead atoms. The minimum absolute atomic E-state index is 0.00290. The van der Waals surface area contributed by atoms with Crippen LogP contribution in [-0.4, -0.2) is 26.6 Å². The van der Waals surface area contributed by atoms with Crippen molar-refractivity contribution in [3.05, 3.63) is 64.2 Å². The average Bonchev–Trinajstić information content (AvgIpc) is 2.52. The summed E-state index contributed by atoms with van der Waals surface area (Å²) < 4.78 is 34.3. The highest BCUT2D eigenvalue weighted by Gasteiger charge is 2.17. The van der Waals surface area contributed by atoms with E-state index in [-0.39, 0.29) is 23.8 Å². The van der Waals surface area contributed by atoms with E-state index in [9.17, 15) is 18.5 Å². The molecular formula is C15H15NO6S. The number of hydrogen-bond acceptors (Lipinski definition) is 6. The molecule has 122 valence electrons. The molecular weight excluding hydrogens is 322 g/mol. The standard InChI is InChI=1S/C15H15NO6S/c1-12-4-2-3-5-15(12)23(19,20)22-11-10-21-14-8-6-13(7-9-14)16(17)18/h2-9H,10-11H2,1H3. The minimum atomic E-state index is -3.83. The fourth-order valence-corrected chi connectivity index (χ4v) is 2.99. The van der Waals surface area contributed by atoms with Gasteiger partial charge in [-0.2, -0.15) is 8.42 Å². The van der Waals surface area contributed by atoms with Crippen LogP contribution in [0, 0.1) is 17.0 Å². The highest BCUT2D eigenvalue weighted by Crippen LogP contribution is 2.18. The molecule has 8 heteroatoms. The summed E-state index contributed by atoms with van der Waals surface area (Å²) in [5.74, 6) is 0.396. The van der Waals surface area contributed by atoms with E-state index < -0.39 is 15.0 Å². The molecule has 0 atom stereocenters. The summed E-state index contributed by atoms with van der Waals surface area (Å²) >= 11 is 0. The van der Waals surface area contributed by atoms with Crippen LogP contribution in [0.2, 0.25) is 0 Å². The first-order chi connectivity index (χ1) is 10.9. The predicted octanol–water partition coefficient (Wildman–Crippen LogP) is 2.69. The van der Waals surface area contributed by atoms with Gasteiger partial charge in [0.15, 0.2) is 0 Å². The van der Waals surface area contributed by atoms with Crippen LogP contribution in [0.15, 0.2) is 53.4 Å². The van der Waals surface area contributed by atoms with Crippen molar-refractivity contribution >= 4 is 15.8 Å². The fraction of sp³-hybridized carbons (Fsp3) is 0.200. The lowest BCUT2D eigenvalue weighted by molar-refractivity contribution is -0.384. The fourth-order valence-electron chi connectivity index (χ4n) is 1.87. The first kappa shape index (κ1) is 16.9. The van der Waals surface area contributed by atoms with E-state index in [4.69, 9.17) is 8.92 Å². The van der Waals surface area contributed by atoms with Gasteiger partial charge in [0, 0.05) is 12.1 Å². The second-order valence-corrected chi connectivity index (χ2v) is 6.22. The Morgan fingerprint density at radius 1 is 1.04 bits per heavy atom. The van der Waals surface area contributed by atoms with E-state index >= 15 is 0 Å². The number of nitro benzene ring substituents is 1. The van der Waals surface area contributed by atoms with Crippen LogP contribution < -0.4 is 4.74 Å². The van der Waals surface area contributed by atoms with E-state index in [0.717, 1.165) is 0 Å². The third-order valence-electron chi connectivity index (χ3n) is 3.00. The first-order valence-corrected chi connectivity index (χ1v) is 8.13. The Morgan fingerprint density at radius 3 is 2.30 bits per heavy atom. The van der Waals surface area contributed by atoms with Crippen molar-refractivity contribution in [2.24, 2.45) is 0 Å². The van der Waals surface area contributed by atoms with Gasteiger partial charge in [0.1, 0.15) is 19.0 Å². The number of rotatable bonds is 7. The van der Waals surface area contributed by atoms with Crippen LogP contribution in [0.5, 0.6) is 5.75 Å². The average molecular weight is 337 g/mol. The molecule has 2 rings (SSSR count). The molecule has 0 amide bonds. The molecule has 0 fully saturated rings. The zero-order valence-electron chi connectivity index (χ0n) is 12.3. The van der Waals surface area contributed by atoms with E-state index in [1.54, 1.807) is 25.1 Å². The number of hydrogen-bond donors (Lipinski definition) is 0. The molecule has 0 spiro atoms. The zero-order chi connectivity index (χ0) is 16.9. The summed E-state index contributed by atoms with van der Waals surface area (Å²) in [6, 6.07) is 12.0. The van der Waals surface area contributed by atoms with E-state index in [2.05, 4.69) is 0 Å². The zero-order valence-corrected chi connectivity index (χ0v) is 13.2. The third kappa shape index (κ3) is 4.51.